The van der Waals surface area contributed by atoms with E-state index in [4.69, 9.17) is 9.31 Å². The molecule has 2 nitrogen and oxygen atoms in total. The van der Waals surface area contributed by atoms with Gasteiger partial charge in [0.25, 0.3) is 0 Å². The van der Waals surface area contributed by atoms with E-state index in [0.29, 0.717) is 0 Å². The molecule has 1 saturated heterocycles. The maximum atomic E-state index is 5.54. The Kier molecular flexibility index (Phi) is 17.7. The van der Waals surface area contributed by atoms with E-state index < -0.39 is 0 Å². The van der Waals surface area contributed by atoms with Gasteiger partial charge in [-0.3, -0.25) is 5.56 Å². The van der Waals surface area contributed by atoms with Crippen molar-refractivity contribution in [1.29, 1.82) is 0 Å². The molecule has 0 spiro atoms. The van der Waals surface area contributed by atoms with Crippen LogP contribution >= 0.6 is 0 Å². The fourth-order valence-electron chi connectivity index (χ4n) is 3.70. The Morgan fingerprint density at radius 2 is 1.54 bits per heavy atom. The van der Waals surface area contributed by atoms with Gasteiger partial charge in [0.15, 0.2) is 0 Å². The van der Waals surface area contributed by atoms with E-state index in [1.165, 1.54) is 10.6 Å². The molecule has 0 unspecified atom stereocenters. The molecule has 0 atom stereocenters. The van der Waals surface area contributed by atoms with E-state index in [1.807, 2.05) is 71.8 Å². The average molecular weight is 549 g/mol. The predicted octanol–water partition coefficient (Wildman–Crippen LogP) is 7.54. The topological polar surface area (TPSA) is 18.5 Å². The normalized spacial score (nSPS) is 16.3. The van der Waals surface area contributed by atoms with Crippen LogP contribution in [0.5, 0.6) is 0 Å². The first-order valence-electron chi connectivity index (χ1n) is 12.4. The molecule has 4 heteroatoms. The van der Waals surface area contributed by atoms with Crippen LogP contribution in [0.3, 0.4) is 0 Å². The summed E-state index contributed by atoms with van der Waals surface area (Å²) in [5.41, 5.74) is 1.79. The molecule has 1 radical (unpaired) electrons. The summed E-state index contributed by atoms with van der Waals surface area (Å²) in [6, 6.07) is 9.37. The molecule has 0 N–H and O–H groups in total. The van der Waals surface area contributed by atoms with Gasteiger partial charge in [0, 0.05) is 32.7 Å². The van der Waals surface area contributed by atoms with Crippen molar-refractivity contribution in [1.82, 2.24) is 0 Å². The van der Waals surface area contributed by atoms with Gasteiger partial charge in [0.1, 0.15) is 0 Å². The molecule has 189 valence electrons. The molecular weight excluding hydrogens is 504 g/mol. The molecule has 2 aromatic rings. The third-order valence-electron chi connectivity index (χ3n) is 5.70. The first kappa shape index (κ1) is 35.9. The number of benzene rings is 2. The maximum Gasteiger partial charge on any atom is 0.454 e. The van der Waals surface area contributed by atoms with Gasteiger partial charge in [-0.2, -0.15) is 23.6 Å². The smallest absolute Gasteiger partial charge is 0.403 e. The van der Waals surface area contributed by atoms with Crippen LogP contribution in [0.4, 0.5) is 0 Å². The molecule has 1 aliphatic rings. The third-order valence-corrected chi connectivity index (χ3v) is 5.70. The largest absolute Gasteiger partial charge is 0.454 e. The van der Waals surface area contributed by atoms with Crippen molar-refractivity contribution in [3.63, 3.8) is 0 Å². The SMILES string of the molecule is C=[C-]c1c(/C=C\C)c(=C/C=C)/c(=C\C)c2ccc[c-]c12.CB1OC(C)(C)C(C)(C)O1.CC.CC.[Y]. The Balaban J connectivity index is 0. The minimum atomic E-state index is -0.160. The monoisotopic (exact) mass is 549 g/mol. The van der Waals surface area contributed by atoms with Crippen molar-refractivity contribution in [3.05, 3.63) is 77.2 Å². The summed E-state index contributed by atoms with van der Waals surface area (Å²) in [5, 5.41) is 4.58. The van der Waals surface area contributed by atoms with Crippen LogP contribution in [0.15, 0.2) is 43.5 Å². The van der Waals surface area contributed by atoms with E-state index in [0.717, 1.165) is 21.7 Å². The first-order chi connectivity index (χ1) is 16.1. The molecule has 1 heterocycles. The average Bonchev–Trinajstić information content (AvgIpc) is 3.01. The second-order valence-electron chi connectivity index (χ2n) is 8.27. The molecule has 3 rings (SSSR count). The molecule has 0 amide bonds. The zero-order chi connectivity index (χ0) is 26.5. The van der Waals surface area contributed by atoms with Crippen molar-refractivity contribution in [2.45, 2.75) is 87.3 Å². The van der Waals surface area contributed by atoms with Crippen LogP contribution in [0, 0.1) is 12.1 Å². The van der Waals surface area contributed by atoms with Gasteiger partial charge in [-0.15, -0.1) is 18.2 Å². The van der Waals surface area contributed by atoms with Crippen molar-refractivity contribution < 1.29 is 42.0 Å². The number of allylic oxidation sites excluding steroid dienone is 2. The first-order valence-corrected chi connectivity index (χ1v) is 12.4. The van der Waals surface area contributed by atoms with E-state index in [2.05, 4.69) is 78.1 Å². The maximum absolute atomic E-state index is 5.54. The zero-order valence-corrected chi connectivity index (χ0v) is 26.8. The van der Waals surface area contributed by atoms with Crippen LogP contribution in [-0.4, -0.2) is 18.3 Å². The Morgan fingerprint density at radius 3 is 1.91 bits per heavy atom. The molecule has 0 aromatic heterocycles. The molecule has 1 aliphatic heterocycles. The third kappa shape index (κ3) is 8.97. The van der Waals surface area contributed by atoms with Crippen molar-refractivity contribution in [2.75, 3.05) is 0 Å². The summed E-state index contributed by atoms with van der Waals surface area (Å²) in [6.07, 6.45) is 13.2. The molecule has 1 fully saturated rings. The minimum absolute atomic E-state index is 0. The molecule has 0 saturated carbocycles. The molecule has 2 aromatic carbocycles. The fourth-order valence-corrected chi connectivity index (χ4v) is 3.70. The summed E-state index contributed by atoms with van der Waals surface area (Å²) in [5.74, 6) is 0. The number of fused-ring (bicyclic) bond motifs is 1. The molecular formula is C31H45BO2Y-2. The number of hydrogen-bond donors (Lipinski definition) is 0. The van der Waals surface area contributed by atoms with Crippen LogP contribution in [-0.2, 0) is 42.0 Å². The fraction of sp³-hybridized carbons (Fsp3) is 0.419. The Bertz CT molecular complexity index is 1070. The van der Waals surface area contributed by atoms with Crippen LogP contribution in [0.2, 0.25) is 6.82 Å². The van der Waals surface area contributed by atoms with Gasteiger partial charge < -0.3 is 9.31 Å². The molecule has 35 heavy (non-hydrogen) atoms. The van der Waals surface area contributed by atoms with Gasteiger partial charge in [0.05, 0.1) is 11.2 Å². The molecule has 0 aliphatic carbocycles. The summed E-state index contributed by atoms with van der Waals surface area (Å²) >= 11 is 0. The summed E-state index contributed by atoms with van der Waals surface area (Å²) in [6.45, 7) is 29.9. The summed E-state index contributed by atoms with van der Waals surface area (Å²) in [4.78, 5) is 0. The second kappa shape index (κ2) is 17.2. The summed E-state index contributed by atoms with van der Waals surface area (Å²) in [7, 11) is -0.0648. The van der Waals surface area contributed by atoms with Crippen LogP contribution in [0.1, 0.15) is 80.4 Å². The predicted molar refractivity (Wildman–Crippen MR) is 154 cm³/mol. The zero-order valence-electron chi connectivity index (χ0n) is 24.0. The van der Waals surface area contributed by atoms with Crippen molar-refractivity contribution in [2.24, 2.45) is 0 Å². The second-order valence-corrected chi connectivity index (χ2v) is 8.27. The van der Waals surface area contributed by atoms with Gasteiger partial charge in [-0.25, -0.2) is 17.5 Å². The quantitative estimate of drug-likeness (QED) is 0.291. The molecule has 0 bridgehead atoms. The van der Waals surface area contributed by atoms with Crippen molar-refractivity contribution in [3.8, 4) is 0 Å². The Hall–Kier alpha value is -1.25. The Labute approximate surface area is 241 Å². The van der Waals surface area contributed by atoms with Gasteiger partial charge >= 0.3 is 7.12 Å². The van der Waals surface area contributed by atoms with Gasteiger partial charge in [-0.1, -0.05) is 69.0 Å². The van der Waals surface area contributed by atoms with E-state index in [-0.39, 0.29) is 51.0 Å². The van der Waals surface area contributed by atoms with Crippen molar-refractivity contribution >= 4 is 36.1 Å². The standard InChI is InChI=1S/C20H18.C7H15BO2.2C2H6.Y/c1-5-11-17-15(7-3)19-13-9-10-14-20(19)16(8-4)18(17)12-6-2;1-6(2)7(3,4)10-8(5)9-6;2*1-2;/h5-7,9-13H,1,4H2,2-3H3;1-5H3;2*1-2H3;/q-2;;;;/b12-6-,15-7+,17-11+;;;;. The minimum Gasteiger partial charge on any atom is -0.403 e. The van der Waals surface area contributed by atoms with Gasteiger partial charge in [0.2, 0.25) is 0 Å². The summed E-state index contributed by atoms with van der Waals surface area (Å²) < 4.78 is 11.1. The van der Waals surface area contributed by atoms with E-state index >= 15 is 0 Å². The van der Waals surface area contributed by atoms with Crippen LogP contribution in [0.25, 0.3) is 29.0 Å². The Morgan fingerprint density at radius 1 is 1.00 bits per heavy atom. The van der Waals surface area contributed by atoms with E-state index in [1.54, 1.807) is 0 Å². The number of hydrogen-bond acceptors (Lipinski definition) is 2. The number of rotatable bonds is 3. The van der Waals surface area contributed by atoms with E-state index in [9.17, 15) is 0 Å². The van der Waals surface area contributed by atoms with Crippen LogP contribution < -0.4 is 10.4 Å². The van der Waals surface area contributed by atoms with Gasteiger partial charge in [-0.05, 0) is 48.4 Å².